The Labute approximate surface area is 187 Å². The summed E-state index contributed by atoms with van der Waals surface area (Å²) in [5, 5.41) is 0.782. The molecule has 1 aromatic carbocycles. The van der Waals surface area contributed by atoms with Gasteiger partial charge in [-0.25, -0.2) is 15.0 Å². The second-order valence-electron chi connectivity index (χ2n) is 7.01. The van der Waals surface area contributed by atoms with Gasteiger partial charge >= 0.3 is 0 Å². The van der Waals surface area contributed by atoms with Crippen LogP contribution in [0.15, 0.2) is 37.0 Å². The summed E-state index contributed by atoms with van der Waals surface area (Å²) < 4.78 is 5.98. The molecule has 3 aromatic heterocycles. The van der Waals surface area contributed by atoms with E-state index in [0.717, 1.165) is 32.8 Å². The Kier molecular flexibility index (Phi) is 4.84. The maximum absolute atomic E-state index is 6.27. The number of nitrogen functional groups attached to an aromatic ring is 2. The lowest BCUT2D eigenvalue weighted by Gasteiger charge is -2.23. The molecule has 0 radical (unpaired) electrons. The highest BCUT2D eigenvalue weighted by molar-refractivity contribution is 7.21. The van der Waals surface area contributed by atoms with Gasteiger partial charge in [0.2, 0.25) is 5.95 Å². The smallest absolute Gasteiger partial charge is 0.223 e. The number of fused-ring (bicyclic) bond motifs is 2. The van der Waals surface area contributed by atoms with Crippen molar-refractivity contribution < 1.29 is 4.74 Å². The number of pyridine rings is 1. The van der Waals surface area contributed by atoms with Gasteiger partial charge in [-0.1, -0.05) is 41.7 Å². The van der Waals surface area contributed by atoms with E-state index >= 15 is 0 Å². The van der Waals surface area contributed by atoms with Crippen molar-refractivity contribution in [3.63, 3.8) is 0 Å². The molecule has 8 nitrogen and oxygen atoms in total. The minimum atomic E-state index is 0.117. The Morgan fingerprint density at radius 1 is 1.16 bits per heavy atom. The first kappa shape index (κ1) is 19.5. The minimum absolute atomic E-state index is 0.117. The van der Waals surface area contributed by atoms with Gasteiger partial charge in [0.1, 0.15) is 33.7 Å². The Balaban J connectivity index is 1.54. The molecule has 0 spiro atoms. The zero-order valence-electron chi connectivity index (χ0n) is 16.4. The van der Waals surface area contributed by atoms with E-state index in [-0.39, 0.29) is 11.1 Å². The van der Waals surface area contributed by atoms with E-state index in [2.05, 4.69) is 37.5 Å². The first-order valence-electron chi connectivity index (χ1n) is 9.50. The van der Waals surface area contributed by atoms with Crippen LogP contribution >= 0.6 is 22.9 Å². The maximum Gasteiger partial charge on any atom is 0.223 e. The summed E-state index contributed by atoms with van der Waals surface area (Å²) in [6, 6.07) is 8.07. The van der Waals surface area contributed by atoms with E-state index < -0.39 is 0 Å². The summed E-state index contributed by atoms with van der Waals surface area (Å²) in [6.07, 6.45) is 3.47. The first-order chi connectivity index (χ1) is 15.0. The van der Waals surface area contributed by atoms with E-state index in [9.17, 15) is 0 Å². The van der Waals surface area contributed by atoms with Gasteiger partial charge in [-0.05, 0) is 23.8 Å². The monoisotopic (exact) mass is 451 g/mol. The molecule has 0 bridgehead atoms. The van der Waals surface area contributed by atoms with Gasteiger partial charge in [-0.15, -0.1) is 0 Å². The summed E-state index contributed by atoms with van der Waals surface area (Å²) in [4.78, 5) is 20.2. The van der Waals surface area contributed by atoms with Crippen molar-refractivity contribution in [1.82, 2.24) is 19.9 Å². The third-order valence-corrected chi connectivity index (χ3v) is 6.13. The van der Waals surface area contributed by atoms with Crippen LogP contribution < -0.4 is 21.1 Å². The average molecular weight is 452 g/mol. The summed E-state index contributed by atoms with van der Waals surface area (Å²) in [5.74, 6) is 1.58. The second kappa shape index (κ2) is 7.68. The quantitative estimate of drug-likeness (QED) is 0.449. The maximum atomic E-state index is 6.27. The lowest BCUT2D eigenvalue weighted by atomic mass is 10.0. The molecule has 1 aliphatic heterocycles. The number of benzene rings is 1. The highest BCUT2D eigenvalue weighted by Crippen LogP contribution is 2.34. The number of rotatable bonds is 3. The number of nitrogens with zero attached hydrogens (tertiary/aromatic N) is 5. The molecule has 0 fully saturated rings. The topological polar surface area (TPSA) is 116 Å². The van der Waals surface area contributed by atoms with Gasteiger partial charge < -0.3 is 21.1 Å². The number of nitrogens with two attached hydrogens (primary N) is 2. The number of aromatic nitrogens is 4. The van der Waals surface area contributed by atoms with Crippen LogP contribution in [0.25, 0.3) is 27.6 Å². The molecule has 5 rings (SSSR count). The molecule has 4 heterocycles. The third kappa shape index (κ3) is 3.62. The van der Waals surface area contributed by atoms with Crippen molar-refractivity contribution in [1.29, 1.82) is 0 Å². The Morgan fingerprint density at radius 3 is 2.87 bits per heavy atom. The van der Waals surface area contributed by atoms with Gasteiger partial charge in [0.05, 0.1) is 12.1 Å². The van der Waals surface area contributed by atoms with Crippen molar-refractivity contribution in [3.05, 3.63) is 53.3 Å². The van der Waals surface area contributed by atoms with Crippen molar-refractivity contribution in [2.24, 2.45) is 0 Å². The predicted octanol–water partition coefficient (Wildman–Crippen LogP) is 4.01. The molecule has 0 atom stereocenters. The summed E-state index contributed by atoms with van der Waals surface area (Å²) in [7, 11) is 0. The van der Waals surface area contributed by atoms with Gasteiger partial charge in [0.15, 0.2) is 5.13 Å². The standard InChI is InChI=1S/C21H18ClN7OS/c1-2-14-17(22)27-20(23)28-18(14)29-5-6-30-16-4-3-11(7-13(16)10-29)12-8-15-19(25-9-12)31-21(24)26-15/h2-4,7-9H,1,5-6,10H2,(H2,24,26)(H2,23,27,28). The van der Waals surface area contributed by atoms with Crippen molar-refractivity contribution in [3.8, 4) is 16.9 Å². The summed E-state index contributed by atoms with van der Waals surface area (Å²) in [5.41, 5.74) is 16.1. The van der Waals surface area contributed by atoms with Crippen LogP contribution in [0.4, 0.5) is 16.9 Å². The van der Waals surface area contributed by atoms with Crippen LogP contribution in [0.3, 0.4) is 0 Å². The van der Waals surface area contributed by atoms with Crippen LogP contribution in [0, 0.1) is 0 Å². The van der Waals surface area contributed by atoms with Crippen LogP contribution in [-0.2, 0) is 6.54 Å². The zero-order chi connectivity index (χ0) is 21.5. The molecule has 10 heteroatoms. The number of hydrogen-bond acceptors (Lipinski definition) is 9. The van der Waals surface area contributed by atoms with Crippen LogP contribution in [0.1, 0.15) is 11.1 Å². The number of halogens is 1. The van der Waals surface area contributed by atoms with Crippen molar-refractivity contribution in [2.45, 2.75) is 6.54 Å². The molecule has 4 aromatic rings. The normalized spacial score (nSPS) is 13.5. The predicted molar refractivity (Wildman–Crippen MR) is 125 cm³/mol. The molecule has 0 unspecified atom stereocenters. The number of hydrogen-bond donors (Lipinski definition) is 2. The van der Waals surface area contributed by atoms with E-state index in [1.807, 2.05) is 24.4 Å². The minimum Gasteiger partial charge on any atom is -0.491 e. The Hall–Kier alpha value is -3.43. The molecule has 0 aliphatic carbocycles. The number of ether oxygens (including phenoxy) is 1. The zero-order valence-corrected chi connectivity index (χ0v) is 18.0. The molecule has 1 aliphatic rings. The molecular formula is C21H18ClN7OS. The van der Waals surface area contributed by atoms with Gasteiger partial charge in [0, 0.05) is 23.9 Å². The lowest BCUT2D eigenvalue weighted by Crippen LogP contribution is -2.27. The molecule has 31 heavy (non-hydrogen) atoms. The fraction of sp³-hybridized carbons (Fsp3) is 0.143. The van der Waals surface area contributed by atoms with E-state index in [1.54, 1.807) is 6.08 Å². The number of thiazole rings is 1. The van der Waals surface area contributed by atoms with Crippen LogP contribution in [-0.4, -0.2) is 33.1 Å². The van der Waals surface area contributed by atoms with Gasteiger partial charge in [0.25, 0.3) is 0 Å². The van der Waals surface area contributed by atoms with Gasteiger partial charge in [-0.3, -0.25) is 0 Å². The van der Waals surface area contributed by atoms with E-state index in [0.29, 0.717) is 36.2 Å². The Morgan fingerprint density at radius 2 is 2.03 bits per heavy atom. The summed E-state index contributed by atoms with van der Waals surface area (Å²) >= 11 is 7.64. The van der Waals surface area contributed by atoms with Crippen molar-refractivity contribution in [2.75, 3.05) is 29.5 Å². The van der Waals surface area contributed by atoms with E-state index in [1.165, 1.54) is 11.3 Å². The van der Waals surface area contributed by atoms with Crippen LogP contribution in [0.2, 0.25) is 5.15 Å². The highest BCUT2D eigenvalue weighted by atomic mass is 35.5. The Bertz CT molecular complexity index is 1320. The number of anilines is 3. The highest BCUT2D eigenvalue weighted by Gasteiger charge is 2.21. The molecule has 0 amide bonds. The lowest BCUT2D eigenvalue weighted by molar-refractivity contribution is 0.331. The third-order valence-electron chi connectivity index (χ3n) is 5.04. The fourth-order valence-electron chi connectivity index (χ4n) is 3.62. The molecule has 156 valence electrons. The fourth-order valence-corrected chi connectivity index (χ4v) is 4.52. The van der Waals surface area contributed by atoms with E-state index in [4.69, 9.17) is 27.8 Å². The van der Waals surface area contributed by atoms with Crippen LogP contribution in [0.5, 0.6) is 5.75 Å². The average Bonchev–Trinajstić information content (AvgIpc) is 2.98. The van der Waals surface area contributed by atoms with Gasteiger partial charge in [-0.2, -0.15) is 4.98 Å². The molecule has 4 N–H and O–H groups in total. The molecule has 0 saturated heterocycles. The first-order valence-corrected chi connectivity index (χ1v) is 10.7. The van der Waals surface area contributed by atoms with Crippen molar-refractivity contribution >= 4 is 56.3 Å². The molecular weight excluding hydrogens is 434 g/mol. The largest absolute Gasteiger partial charge is 0.491 e. The summed E-state index contributed by atoms with van der Waals surface area (Å²) in [6.45, 7) is 5.52. The molecule has 0 saturated carbocycles. The SMILES string of the molecule is C=Cc1c(Cl)nc(N)nc1N1CCOc2ccc(-c3cnc4sc(N)nc4c3)cc2C1. The second-order valence-corrected chi connectivity index (χ2v) is 8.37.